The minimum absolute atomic E-state index is 0.197. The summed E-state index contributed by atoms with van der Waals surface area (Å²) in [5, 5.41) is 11.9. The predicted octanol–water partition coefficient (Wildman–Crippen LogP) is 3.04. The molecule has 0 aliphatic rings. The van der Waals surface area contributed by atoms with Crippen LogP contribution in [0.2, 0.25) is 0 Å². The van der Waals surface area contributed by atoms with Crippen LogP contribution in [0.4, 0.5) is 0 Å². The first-order valence-electron chi connectivity index (χ1n) is 5.18. The number of aromatic nitrogens is 2. The van der Waals surface area contributed by atoms with Gasteiger partial charge in [0.25, 0.3) is 0 Å². The van der Waals surface area contributed by atoms with Crippen molar-refractivity contribution in [2.45, 2.75) is 19.5 Å². The first kappa shape index (κ1) is 11.8. The van der Waals surface area contributed by atoms with Crippen molar-refractivity contribution in [2.24, 2.45) is 0 Å². The first-order chi connectivity index (χ1) is 7.77. The zero-order chi connectivity index (χ0) is 11.5. The summed E-state index contributed by atoms with van der Waals surface area (Å²) in [7, 11) is 1.97. The number of halogens is 1. The lowest BCUT2D eigenvalue weighted by atomic mass is 10.1. The van der Waals surface area contributed by atoms with E-state index >= 15 is 0 Å². The summed E-state index contributed by atoms with van der Waals surface area (Å²) < 4.78 is 3.07. The van der Waals surface area contributed by atoms with E-state index in [1.54, 1.807) is 11.3 Å². The molecule has 2 rings (SSSR count). The molecule has 0 bridgehead atoms. The van der Waals surface area contributed by atoms with E-state index in [9.17, 15) is 0 Å². The van der Waals surface area contributed by atoms with Crippen molar-refractivity contribution >= 4 is 27.3 Å². The average molecular weight is 300 g/mol. The van der Waals surface area contributed by atoms with Gasteiger partial charge >= 0.3 is 0 Å². The molecule has 1 unspecified atom stereocenters. The molecular weight excluding hydrogens is 286 g/mol. The second-order valence-electron chi connectivity index (χ2n) is 3.47. The molecule has 0 radical (unpaired) electrons. The molecule has 2 heterocycles. The highest BCUT2D eigenvalue weighted by Crippen LogP contribution is 2.29. The highest BCUT2D eigenvalue weighted by molar-refractivity contribution is 9.10. The molecule has 1 atom stereocenters. The Morgan fingerprint density at radius 3 is 3.00 bits per heavy atom. The molecular formula is C11H14BrN3S. The van der Waals surface area contributed by atoms with Gasteiger partial charge in [0.05, 0.1) is 22.4 Å². The maximum absolute atomic E-state index is 4.35. The molecule has 3 nitrogen and oxygen atoms in total. The van der Waals surface area contributed by atoms with Crippen molar-refractivity contribution in [1.82, 2.24) is 15.1 Å². The third-order valence-electron chi connectivity index (χ3n) is 2.57. The lowest BCUT2D eigenvalue weighted by Gasteiger charge is -2.17. The van der Waals surface area contributed by atoms with Crippen LogP contribution in [0, 0.1) is 0 Å². The van der Waals surface area contributed by atoms with Crippen molar-refractivity contribution in [1.29, 1.82) is 0 Å². The largest absolute Gasteiger partial charge is 0.308 e. The molecule has 16 heavy (non-hydrogen) atoms. The Balaban J connectivity index is 2.44. The molecule has 1 N–H and O–H groups in total. The fraction of sp³-hybridized carbons (Fsp3) is 0.364. The van der Waals surface area contributed by atoms with Gasteiger partial charge in [-0.3, -0.25) is 4.68 Å². The molecule has 0 saturated heterocycles. The van der Waals surface area contributed by atoms with Crippen LogP contribution in [-0.4, -0.2) is 16.8 Å². The molecule has 0 saturated carbocycles. The Hall–Kier alpha value is -0.650. The van der Waals surface area contributed by atoms with Crippen LogP contribution in [0.5, 0.6) is 0 Å². The topological polar surface area (TPSA) is 29.9 Å². The minimum Gasteiger partial charge on any atom is -0.308 e. The van der Waals surface area contributed by atoms with E-state index in [2.05, 4.69) is 50.1 Å². The highest BCUT2D eigenvalue weighted by Gasteiger charge is 2.19. The number of rotatable bonds is 4. The Morgan fingerprint density at radius 2 is 2.44 bits per heavy atom. The standard InChI is InChI=1S/C11H14BrN3S/c1-3-15-11(9(12)6-14-15)10(13-2)8-4-5-16-7-8/h4-7,10,13H,3H2,1-2H3. The van der Waals surface area contributed by atoms with Crippen LogP contribution in [0.25, 0.3) is 0 Å². The summed E-state index contributed by atoms with van der Waals surface area (Å²) >= 11 is 5.28. The Bertz CT molecular complexity index is 450. The van der Waals surface area contributed by atoms with Crippen molar-refractivity contribution in [3.05, 3.63) is 38.8 Å². The Labute approximate surface area is 108 Å². The van der Waals surface area contributed by atoms with E-state index in [0.29, 0.717) is 0 Å². The van der Waals surface area contributed by atoms with Crippen molar-refractivity contribution < 1.29 is 0 Å². The number of nitrogens with one attached hydrogen (secondary N) is 1. The van der Waals surface area contributed by atoms with Gasteiger partial charge in [0.15, 0.2) is 0 Å². The van der Waals surface area contributed by atoms with E-state index in [1.165, 1.54) is 11.3 Å². The fourth-order valence-corrected chi connectivity index (χ4v) is 3.02. The highest BCUT2D eigenvalue weighted by atomic mass is 79.9. The summed E-state index contributed by atoms with van der Waals surface area (Å²) in [6, 6.07) is 2.34. The lowest BCUT2D eigenvalue weighted by molar-refractivity contribution is 0.562. The molecule has 2 aromatic rings. The van der Waals surface area contributed by atoms with Crippen molar-refractivity contribution in [2.75, 3.05) is 7.05 Å². The molecule has 0 spiro atoms. The maximum atomic E-state index is 4.35. The molecule has 0 fully saturated rings. The van der Waals surface area contributed by atoms with Crippen molar-refractivity contribution in [3.63, 3.8) is 0 Å². The fourth-order valence-electron chi connectivity index (χ4n) is 1.81. The number of aryl methyl sites for hydroxylation is 1. The van der Waals surface area contributed by atoms with Crippen LogP contribution >= 0.6 is 27.3 Å². The number of hydrogen-bond acceptors (Lipinski definition) is 3. The second kappa shape index (κ2) is 5.12. The Kier molecular flexibility index (Phi) is 3.78. The summed E-state index contributed by atoms with van der Waals surface area (Å²) in [5.74, 6) is 0. The molecule has 86 valence electrons. The van der Waals surface area contributed by atoms with E-state index in [-0.39, 0.29) is 6.04 Å². The van der Waals surface area contributed by atoms with Crippen LogP contribution < -0.4 is 5.32 Å². The van der Waals surface area contributed by atoms with E-state index in [1.807, 2.05) is 17.9 Å². The molecule has 0 aliphatic heterocycles. The van der Waals surface area contributed by atoms with Gasteiger partial charge in [-0.25, -0.2) is 0 Å². The quantitative estimate of drug-likeness (QED) is 0.940. The molecule has 2 aromatic heterocycles. The van der Waals surface area contributed by atoms with E-state index in [4.69, 9.17) is 0 Å². The average Bonchev–Trinajstić information content (AvgIpc) is 2.91. The van der Waals surface area contributed by atoms with Gasteiger partial charge in [0.2, 0.25) is 0 Å². The van der Waals surface area contributed by atoms with Gasteiger partial charge in [-0.1, -0.05) is 0 Å². The van der Waals surface area contributed by atoms with Crippen LogP contribution in [0.3, 0.4) is 0 Å². The molecule has 0 aliphatic carbocycles. The zero-order valence-corrected chi connectivity index (χ0v) is 11.7. The third kappa shape index (κ3) is 2.07. The van der Waals surface area contributed by atoms with Gasteiger partial charge in [-0.15, -0.1) is 0 Å². The number of hydrogen-bond donors (Lipinski definition) is 1. The predicted molar refractivity (Wildman–Crippen MR) is 70.8 cm³/mol. The van der Waals surface area contributed by atoms with Gasteiger partial charge in [-0.05, 0) is 52.3 Å². The summed E-state index contributed by atoms with van der Waals surface area (Å²) in [5.41, 5.74) is 2.46. The molecule has 0 aromatic carbocycles. The SMILES string of the molecule is CCn1ncc(Br)c1C(NC)c1ccsc1. The van der Waals surface area contributed by atoms with Crippen molar-refractivity contribution in [3.8, 4) is 0 Å². The van der Waals surface area contributed by atoms with Crippen LogP contribution in [0.15, 0.2) is 27.5 Å². The van der Waals surface area contributed by atoms with E-state index < -0.39 is 0 Å². The van der Waals surface area contributed by atoms with Gasteiger partial charge in [0, 0.05) is 6.54 Å². The first-order valence-corrected chi connectivity index (χ1v) is 6.92. The molecule has 5 heteroatoms. The minimum atomic E-state index is 0.197. The van der Waals surface area contributed by atoms with Gasteiger partial charge in [0.1, 0.15) is 0 Å². The van der Waals surface area contributed by atoms with E-state index in [0.717, 1.165) is 11.0 Å². The van der Waals surface area contributed by atoms with Crippen LogP contribution in [0.1, 0.15) is 24.2 Å². The summed E-state index contributed by atoms with van der Waals surface area (Å²) in [6.07, 6.45) is 1.86. The Morgan fingerprint density at radius 1 is 1.62 bits per heavy atom. The lowest BCUT2D eigenvalue weighted by Crippen LogP contribution is -2.21. The van der Waals surface area contributed by atoms with Gasteiger partial charge < -0.3 is 5.32 Å². The monoisotopic (exact) mass is 299 g/mol. The summed E-state index contributed by atoms with van der Waals surface area (Å²) in [6.45, 7) is 2.98. The van der Waals surface area contributed by atoms with Crippen LogP contribution in [-0.2, 0) is 6.54 Å². The smallest absolute Gasteiger partial charge is 0.0765 e. The summed E-state index contributed by atoms with van der Waals surface area (Å²) in [4.78, 5) is 0. The second-order valence-corrected chi connectivity index (χ2v) is 5.11. The number of nitrogens with zero attached hydrogens (tertiary/aromatic N) is 2. The third-order valence-corrected chi connectivity index (χ3v) is 3.88. The maximum Gasteiger partial charge on any atom is 0.0765 e. The number of thiophene rings is 1. The zero-order valence-electron chi connectivity index (χ0n) is 9.27. The molecule has 0 amide bonds. The normalized spacial score (nSPS) is 12.9. The van der Waals surface area contributed by atoms with Gasteiger partial charge in [-0.2, -0.15) is 16.4 Å².